The summed E-state index contributed by atoms with van der Waals surface area (Å²) in [5.41, 5.74) is 0. The second-order valence-electron chi connectivity index (χ2n) is 4.57. The molecule has 4 heteroatoms. The summed E-state index contributed by atoms with van der Waals surface area (Å²) in [6, 6.07) is 0. The van der Waals surface area contributed by atoms with E-state index in [4.69, 9.17) is 0 Å². The highest BCUT2D eigenvalue weighted by molar-refractivity contribution is 6.32. The molecule has 0 heterocycles. The van der Waals surface area contributed by atoms with Crippen LogP contribution >= 0.6 is 0 Å². The van der Waals surface area contributed by atoms with Crippen LogP contribution in [0.1, 0.15) is 39.5 Å². The smallest absolute Gasteiger partial charge is 0.396 e. The van der Waals surface area contributed by atoms with Crippen molar-refractivity contribution in [1.29, 1.82) is 0 Å². The number of carbonyl (C=O) groups is 2. The van der Waals surface area contributed by atoms with Crippen LogP contribution in [0.15, 0.2) is 0 Å². The van der Waals surface area contributed by atoms with Crippen molar-refractivity contribution >= 4 is 11.9 Å². The Bertz CT molecular complexity index is 253. The summed E-state index contributed by atoms with van der Waals surface area (Å²) in [5, 5.41) is 2.64. The monoisotopic (exact) mass is 227 g/mol. The summed E-state index contributed by atoms with van der Waals surface area (Å²) in [5.74, 6) is -0.133. The molecule has 0 bridgehead atoms. The largest absolute Gasteiger partial charge is 0.459 e. The van der Waals surface area contributed by atoms with Crippen LogP contribution in [0.2, 0.25) is 0 Å². The minimum atomic E-state index is -0.772. The van der Waals surface area contributed by atoms with Crippen molar-refractivity contribution in [1.82, 2.24) is 5.32 Å². The van der Waals surface area contributed by atoms with Crippen LogP contribution in [0, 0.1) is 11.8 Å². The molecule has 0 aromatic carbocycles. The summed E-state index contributed by atoms with van der Waals surface area (Å²) >= 11 is 0. The first-order valence-corrected chi connectivity index (χ1v) is 6.08. The van der Waals surface area contributed by atoms with Crippen LogP contribution in [0.4, 0.5) is 0 Å². The van der Waals surface area contributed by atoms with Gasteiger partial charge >= 0.3 is 11.9 Å². The van der Waals surface area contributed by atoms with Crippen molar-refractivity contribution in [2.45, 2.75) is 39.5 Å². The van der Waals surface area contributed by atoms with E-state index in [0.717, 1.165) is 18.8 Å². The first-order chi connectivity index (χ1) is 7.63. The average molecular weight is 227 g/mol. The molecule has 92 valence electrons. The fraction of sp³-hybridized carbons (Fsp3) is 0.833. The Kier molecular flexibility index (Phi) is 5.29. The molecule has 1 saturated carbocycles. The third kappa shape index (κ3) is 4.21. The van der Waals surface area contributed by atoms with Crippen molar-refractivity contribution in [3.05, 3.63) is 0 Å². The van der Waals surface area contributed by atoms with E-state index in [0.29, 0.717) is 12.5 Å². The zero-order valence-electron chi connectivity index (χ0n) is 10.1. The van der Waals surface area contributed by atoms with Gasteiger partial charge in [-0.25, -0.2) is 4.79 Å². The molecule has 0 spiro atoms. The van der Waals surface area contributed by atoms with Gasteiger partial charge in [-0.05, 0) is 31.6 Å². The minimum absolute atomic E-state index is 0.243. The van der Waals surface area contributed by atoms with Gasteiger partial charge in [-0.1, -0.05) is 19.8 Å². The molecule has 4 nitrogen and oxygen atoms in total. The molecule has 1 N–H and O–H groups in total. The topological polar surface area (TPSA) is 55.4 Å². The summed E-state index contributed by atoms with van der Waals surface area (Å²) in [6.45, 7) is 4.77. The van der Waals surface area contributed by atoms with Crippen molar-refractivity contribution in [2.75, 3.05) is 13.2 Å². The van der Waals surface area contributed by atoms with E-state index in [1.165, 1.54) is 12.8 Å². The molecule has 0 saturated heterocycles. The summed E-state index contributed by atoms with van der Waals surface area (Å²) in [6.07, 6.45) is 4.79. The maximum Gasteiger partial charge on any atom is 0.396 e. The van der Waals surface area contributed by atoms with Crippen LogP contribution in [0.3, 0.4) is 0 Å². The molecule has 1 rings (SSSR count). The van der Waals surface area contributed by atoms with Crippen molar-refractivity contribution in [2.24, 2.45) is 11.8 Å². The molecule has 2 unspecified atom stereocenters. The first kappa shape index (κ1) is 13.0. The van der Waals surface area contributed by atoms with E-state index in [1.54, 1.807) is 6.92 Å². The molecule has 1 amide bonds. The van der Waals surface area contributed by atoms with Crippen LogP contribution in [-0.4, -0.2) is 25.0 Å². The predicted molar refractivity (Wildman–Crippen MR) is 60.8 cm³/mol. The summed E-state index contributed by atoms with van der Waals surface area (Å²) in [4.78, 5) is 22.3. The van der Waals surface area contributed by atoms with Gasteiger partial charge in [0.25, 0.3) is 0 Å². The second-order valence-corrected chi connectivity index (χ2v) is 4.57. The maximum atomic E-state index is 11.3. The lowest BCUT2D eigenvalue weighted by Crippen LogP contribution is -2.36. The number of amides is 1. The molecule has 1 aliphatic rings. The van der Waals surface area contributed by atoms with Gasteiger partial charge in [-0.2, -0.15) is 0 Å². The van der Waals surface area contributed by atoms with Crippen LogP contribution in [-0.2, 0) is 14.3 Å². The van der Waals surface area contributed by atoms with E-state index >= 15 is 0 Å². The number of ether oxygens (including phenoxy) is 1. The van der Waals surface area contributed by atoms with Crippen molar-refractivity contribution in [3.63, 3.8) is 0 Å². The lowest BCUT2D eigenvalue weighted by atomic mass is 9.82. The third-order valence-corrected chi connectivity index (χ3v) is 3.06. The quantitative estimate of drug-likeness (QED) is 0.587. The number of hydrogen-bond acceptors (Lipinski definition) is 3. The molecule has 0 aromatic rings. The van der Waals surface area contributed by atoms with E-state index in [-0.39, 0.29) is 6.61 Å². The molecular weight excluding hydrogens is 206 g/mol. The molecule has 0 aliphatic heterocycles. The third-order valence-electron chi connectivity index (χ3n) is 3.06. The van der Waals surface area contributed by atoms with Gasteiger partial charge in [0.2, 0.25) is 0 Å². The number of nitrogens with one attached hydrogen (secondary N) is 1. The van der Waals surface area contributed by atoms with E-state index in [1.807, 2.05) is 0 Å². The van der Waals surface area contributed by atoms with Crippen LogP contribution in [0.25, 0.3) is 0 Å². The standard InChI is InChI=1S/C12H21NO3/c1-3-16-12(15)11(14)13-8-10-6-4-5-9(2)7-10/h9-10H,3-8H2,1-2H3,(H,13,14). The molecule has 1 fully saturated rings. The predicted octanol–water partition coefficient (Wildman–Crippen LogP) is 1.49. The highest BCUT2D eigenvalue weighted by Gasteiger charge is 2.21. The van der Waals surface area contributed by atoms with Crippen LogP contribution < -0.4 is 5.32 Å². The summed E-state index contributed by atoms with van der Waals surface area (Å²) in [7, 11) is 0. The number of hydrogen-bond donors (Lipinski definition) is 1. The minimum Gasteiger partial charge on any atom is -0.459 e. The van der Waals surface area contributed by atoms with E-state index in [2.05, 4.69) is 17.0 Å². The normalized spacial score (nSPS) is 24.9. The average Bonchev–Trinajstić information content (AvgIpc) is 2.26. The lowest BCUT2D eigenvalue weighted by Gasteiger charge is -2.26. The molecule has 0 aromatic heterocycles. The molecular formula is C12H21NO3. The maximum absolute atomic E-state index is 11.3. The van der Waals surface area contributed by atoms with Gasteiger partial charge < -0.3 is 10.1 Å². The van der Waals surface area contributed by atoms with Gasteiger partial charge in [-0.15, -0.1) is 0 Å². The van der Waals surface area contributed by atoms with Gasteiger partial charge in [0.15, 0.2) is 0 Å². The Morgan fingerprint density at radius 1 is 1.38 bits per heavy atom. The Balaban J connectivity index is 2.23. The lowest BCUT2D eigenvalue weighted by molar-refractivity contribution is -0.154. The summed E-state index contributed by atoms with van der Waals surface area (Å²) < 4.78 is 4.61. The van der Waals surface area contributed by atoms with Gasteiger partial charge in [0, 0.05) is 6.54 Å². The number of carbonyl (C=O) groups excluding carboxylic acids is 2. The van der Waals surface area contributed by atoms with E-state index < -0.39 is 11.9 Å². The highest BCUT2D eigenvalue weighted by atomic mass is 16.5. The number of esters is 1. The first-order valence-electron chi connectivity index (χ1n) is 6.08. The zero-order chi connectivity index (χ0) is 12.0. The molecule has 16 heavy (non-hydrogen) atoms. The zero-order valence-corrected chi connectivity index (χ0v) is 10.1. The van der Waals surface area contributed by atoms with Gasteiger partial charge in [0.05, 0.1) is 6.61 Å². The fourth-order valence-corrected chi connectivity index (χ4v) is 2.25. The van der Waals surface area contributed by atoms with Crippen LogP contribution in [0.5, 0.6) is 0 Å². The van der Waals surface area contributed by atoms with Gasteiger partial charge in [-0.3, -0.25) is 4.79 Å². The second kappa shape index (κ2) is 6.51. The van der Waals surface area contributed by atoms with Crippen molar-refractivity contribution < 1.29 is 14.3 Å². The molecule has 2 atom stereocenters. The Labute approximate surface area is 96.7 Å². The Hall–Kier alpha value is -1.06. The van der Waals surface area contributed by atoms with Crippen molar-refractivity contribution in [3.8, 4) is 0 Å². The fourth-order valence-electron chi connectivity index (χ4n) is 2.25. The van der Waals surface area contributed by atoms with Gasteiger partial charge in [0.1, 0.15) is 0 Å². The molecule has 1 aliphatic carbocycles. The molecule has 0 radical (unpaired) electrons. The number of rotatable bonds is 3. The Morgan fingerprint density at radius 2 is 2.12 bits per heavy atom. The Morgan fingerprint density at radius 3 is 2.75 bits per heavy atom. The SMILES string of the molecule is CCOC(=O)C(=O)NCC1CCCC(C)C1. The highest BCUT2D eigenvalue weighted by Crippen LogP contribution is 2.27. The van der Waals surface area contributed by atoms with E-state index in [9.17, 15) is 9.59 Å².